The molecular formula is C16H16N2S. The van der Waals surface area contributed by atoms with Crippen LogP contribution in [0.5, 0.6) is 0 Å². The van der Waals surface area contributed by atoms with Crippen LogP contribution in [0.4, 0.5) is 5.69 Å². The molecule has 0 bridgehead atoms. The van der Waals surface area contributed by atoms with Crippen LogP contribution >= 0.6 is 11.3 Å². The van der Waals surface area contributed by atoms with Crippen LogP contribution < -0.4 is 5.32 Å². The van der Waals surface area contributed by atoms with Crippen molar-refractivity contribution in [2.24, 2.45) is 0 Å². The number of nitrogens with zero attached hydrogens (tertiary/aromatic N) is 1. The third-order valence-corrected chi connectivity index (χ3v) is 3.98. The Morgan fingerprint density at radius 3 is 2.84 bits per heavy atom. The Morgan fingerprint density at radius 2 is 2.05 bits per heavy atom. The maximum absolute atomic E-state index is 4.65. The molecule has 1 aromatic carbocycles. The van der Waals surface area contributed by atoms with Crippen molar-refractivity contribution in [2.75, 3.05) is 5.32 Å². The fraction of sp³-hybridized carbons (Fsp3) is 0.188. The summed E-state index contributed by atoms with van der Waals surface area (Å²) in [5, 5.41) is 9.02. The number of rotatable bonds is 3. The van der Waals surface area contributed by atoms with Crippen molar-refractivity contribution in [3.05, 3.63) is 58.4 Å². The van der Waals surface area contributed by atoms with Gasteiger partial charge in [-0.05, 0) is 48.4 Å². The topological polar surface area (TPSA) is 24.9 Å². The second-order valence-electron chi connectivity index (χ2n) is 4.75. The Bertz CT molecular complexity index is 689. The van der Waals surface area contributed by atoms with E-state index in [0.717, 1.165) is 16.9 Å². The van der Waals surface area contributed by atoms with Crippen molar-refractivity contribution < 1.29 is 0 Å². The lowest BCUT2D eigenvalue weighted by molar-refractivity contribution is 0.892. The third-order valence-electron chi connectivity index (χ3n) is 3.27. The number of aromatic nitrogens is 1. The van der Waals surface area contributed by atoms with E-state index >= 15 is 0 Å². The Kier molecular flexibility index (Phi) is 3.22. The van der Waals surface area contributed by atoms with E-state index in [1.54, 1.807) is 11.3 Å². The summed E-state index contributed by atoms with van der Waals surface area (Å²) in [4.78, 5) is 4.65. The minimum Gasteiger partial charge on any atom is -0.377 e. The molecule has 2 nitrogen and oxygen atoms in total. The van der Waals surface area contributed by atoms with Gasteiger partial charge in [0.2, 0.25) is 0 Å². The van der Waals surface area contributed by atoms with Gasteiger partial charge in [-0.3, -0.25) is 4.98 Å². The average Bonchev–Trinajstić information content (AvgIpc) is 2.93. The second kappa shape index (κ2) is 5.02. The summed E-state index contributed by atoms with van der Waals surface area (Å²) in [7, 11) is 0. The van der Waals surface area contributed by atoms with Crippen molar-refractivity contribution in [2.45, 2.75) is 19.9 Å². The van der Waals surface area contributed by atoms with Crippen LogP contribution in [0.2, 0.25) is 0 Å². The molecule has 0 amide bonds. The lowest BCUT2D eigenvalue weighted by Crippen LogP contribution is -2.06. The summed E-state index contributed by atoms with van der Waals surface area (Å²) >= 11 is 1.73. The highest BCUT2D eigenvalue weighted by atomic mass is 32.1. The number of hydrogen-bond donors (Lipinski definition) is 1. The summed E-state index contributed by atoms with van der Waals surface area (Å²) in [6, 6.07) is 12.9. The van der Waals surface area contributed by atoms with Crippen LogP contribution in [0.1, 0.15) is 24.2 Å². The second-order valence-corrected chi connectivity index (χ2v) is 5.53. The molecule has 19 heavy (non-hydrogen) atoms. The highest BCUT2D eigenvalue weighted by molar-refractivity contribution is 7.08. The molecule has 0 saturated carbocycles. The number of benzene rings is 1. The molecule has 2 heterocycles. The summed E-state index contributed by atoms with van der Waals surface area (Å²) < 4.78 is 0. The van der Waals surface area contributed by atoms with Gasteiger partial charge in [-0.15, -0.1) is 0 Å². The highest BCUT2D eigenvalue weighted by Crippen LogP contribution is 2.26. The fourth-order valence-corrected chi connectivity index (χ4v) is 2.95. The van der Waals surface area contributed by atoms with Crippen LogP contribution in [-0.2, 0) is 0 Å². The number of anilines is 1. The monoisotopic (exact) mass is 268 g/mol. The molecule has 1 unspecified atom stereocenters. The van der Waals surface area contributed by atoms with Crippen molar-refractivity contribution in [3.8, 4) is 0 Å². The van der Waals surface area contributed by atoms with E-state index in [0.29, 0.717) is 6.04 Å². The zero-order valence-electron chi connectivity index (χ0n) is 11.1. The van der Waals surface area contributed by atoms with Crippen LogP contribution in [0, 0.1) is 6.92 Å². The minimum absolute atomic E-state index is 0.291. The molecule has 0 aliphatic heterocycles. The average molecular weight is 268 g/mol. The van der Waals surface area contributed by atoms with Crippen LogP contribution in [0.15, 0.2) is 47.2 Å². The van der Waals surface area contributed by atoms with Gasteiger partial charge in [0, 0.05) is 17.1 Å². The van der Waals surface area contributed by atoms with Crippen LogP contribution in [-0.4, -0.2) is 4.98 Å². The van der Waals surface area contributed by atoms with Crippen molar-refractivity contribution >= 4 is 27.9 Å². The van der Waals surface area contributed by atoms with E-state index in [1.807, 2.05) is 6.92 Å². The number of para-hydroxylation sites is 1. The summed E-state index contributed by atoms with van der Waals surface area (Å²) in [5.74, 6) is 0. The molecule has 0 aliphatic rings. The molecule has 1 N–H and O–H groups in total. The molecule has 96 valence electrons. The molecule has 0 aliphatic carbocycles. The van der Waals surface area contributed by atoms with Gasteiger partial charge >= 0.3 is 0 Å². The summed E-state index contributed by atoms with van der Waals surface area (Å²) in [6.45, 7) is 4.20. The SMILES string of the molecule is Cc1ccc2cccc(NC(C)c3ccsc3)c2n1. The maximum Gasteiger partial charge on any atom is 0.0936 e. The molecular weight excluding hydrogens is 252 g/mol. The van der Waals surface area contributed by atoms with Gasteiger partial charge in [0.05, 0.1) is 11.2 Å². The molecule has 0 saturated heterocycles. The van der Waals surface area contributed by atoms with E-state index in [2.05, 4.69) is 64.4 Å². The lowest BCUT2D eigenvalue weighted by Gasteiger charge is -2.15. The van der Waals surface area contributed by atoms with E-state index in [-0.39, 0.29) is 0 Å². The number of aryl methyl sites for hydroxylation is 1. The first-order valence-corrected chi connectivity index (χ1v) is 7.33. The number of nitrogens with one attached hydrogen (secondary N) is 1. The summed E-state index contributed by atoms with van der Waals surface area (Å²) in [6.07, 6.45) is 0. The lowest BCUT2D eigenvalue weighted by atomic mass is 10.1. The van der Waals surface area contributed by atoms with Crippen LogP contribution in [0.25, 0.3) is 10.9 Å². The third kappa shape index (κ3) is 2.47. The fourth-order valence-electron chi connectivity index (χ4n) is 2.20. The Balaban J connectivity index is 1.98. The molecule has 3 rings (SSSR count). The molecule has 3 heteroatoms. The first-order valence-electron chi connectivity index (χ1n) is 6.39. The molecule has 0 spiro atoms. The van der Waals surface area contributed by atoms with Gasteiger partial charge in [-0.1, -0.05) is 18.2 Å². The molecule has 0 radical (unpaired) electrons. The quantitative estimate of drug-likeness (QED) is 0.739. The van der Waals surface area contributed by atoms with Crippen molar-refractivity contribution in [1.29, 1.82) is 0 Å². The predicted octanol–water partition coefficient (Wildman–Crippen LogP) is 4.78. The van der Waals surface area contributed by atoms with Gasteiger partial charge in [0.15, 0.2) is 0 Å². The van der Waals surface area contributed by atoms with E-state index < -0.39 is 0 Å². The van der Waals surface area contributed by atoms with Crippen molar-refractivity contribution in [3.63, 3.8) is 0 Å². The largest absolute Gasteiger partial charge is 0.377 e. The first kappa shape index (κ1) is 12.2. The van der Waals surface area contributed by atoms with E-state index in [1.165, 1.54) is 10.9 Å². The summed E-state index contributed by atoms with van der Waals surface area (Å²) in [5.41, 5.74) is 4.50. The Labute approximate surface area is 117 Å². The smallest absolute Gasteiger partial charge is 0.0936 e. The predicted molar refractivity (Wildman–Crippen MR) is 82.8 cm³/mol. The van der Waals surface area contributed by atoms with Gasteiger partial charge in [0.25, 0.3) is 0 Å². The molecule has 1 atom stereocenters. The maximum atomic E-state index is 4.65. The highest BCUT2D eigenvalue weighted by Gasteiger charge is 2.08. The van der Waals surface area contributed by atoms with Gasteiger partial charge in [-0.25, -0.2) is 0 Å². The normalized spacial score (nSPS) is 12.5. The first-order chi connectivity index (χ1) is 9.24. The molecule has 2 aromatic heterocycles. The molecule has 3 aromatic rings. The van der Waals surface area contributed by atoms with Gasteiger partial charge in [0.1, 0.15) is 0 Å². The van der Waals surface area contributed by atoms with E-state index in [9.17, 15) is 0 Å². The number of pyridine rings is 1. The zero-order valence-corrected chi connectivity index (χ0v) is 11.9. The molecule has 0 fully saturated rings. The Morgan fingerprint density at radius 1 is 1.16 bits per heavy atom. The number of hydrogen-bond acceptors (Lipinski definition) is 3. The van der Waals surface area contributed by atoms with Gasteiger partial charge in [-0.2, -0.15) is 11.3 Å². The standard InChI is InChI=1S/C16H16N2S/c1-11-6-7-13-4-3-5-15(16(13)17-11)18-12(2)14-8-9-19-10-14/h3-10,12,18H,1-2H3. The van der Waals surface area contributed by atoms with Crippen molar-refractivity contribution in [1.82, 2.24) is 4.98 Å². The van der Waals surface area contributed by atoms with Crippen LogP contribution in [0.3, 0.4) is 0 Å². The number of fused-ring (bicyclic) bond motifs is 1. The minimum atomic E-state index is 0.291. The van der Waals surface area contributed by atoms with Gasteiger partial charge < -0.3 is 5.32 Å². The Hall–Kier alpha value is -1.87. The van der Waals surface area contributed by atoms with E-state index in [4.69, 9.17) is 0 Å². The zero-order chi connectivity index (χ0) is 13.2. The number of thiophene rings is 1.